The molecule has 1 aromatic heterocycles. The topological polar surface area (TPSA) is 52.0 Å². The van der Waals surface area contributed by atoms with Gasteiger partial charge in [0.05, 0.1) is 28.2 Å². The number of Topliss-reactive ketones (excluding diaryl/α,β-unsaturated/α-hetero) is 2. The minimum atomic E-state index is -0.299. The summed E-state index contributed by atoms with van der Waals surface area (Å²) in [5.41, 5.74) is 0.780. The third-order valence-corrected chi connectivity index (χ3v) is 3.33. The van der Waals surface area contributed by atoms with Gasteiger partial charge < -0.3 is 0 Å². The quantitative estimate of drug-likeness (QED) is 0.643. The van der Waals surface area contributed by atoms with E-state index in [4.69, 9.17) is 23.2 Å². The molecule has 1 heterocycles. The number of carbonyl (C=O) groups excluding carboxylic acids is 2. The number of carbonyl (C=O) groups is 2. The average Bonchev–Trinajstić information content (AvgIpc) is 2.79. The van der Waals surface area contributed by atoms with Gasteiger partial charge in [-0.05, 0) is 18.2 Å². The summed E-state index contributed by atoms with van der Waals surface area (Å²) < 4.78 is 1.51. The molecule has 2 rings (SSSR count). The van der Waals surface area contributed by atoms with Crippen LogP contribution in [-0.4, -0.2) is 21.3 Å². The van der Waals surface area contributed by atoms with Crippen molar-refractivity contribution in [2.75, 3.05) is 0 Å². The summed E-state index contributed by atoms with van der Waals surface area (Å²) in [6, 6.07) is 4.54. The van der Waals surface area contributed by atoms with E-state index in [1.54, 1.807) is 19.3 Å². The van der Waals surface area contributed by atoms with Crippen molar-refractivity contribution in [1.29, 1.82) is 0 Å². The van der Waals surface area contributed by atoms with Crippen molar-refractivity contribution in [2.24, 2.45) is 7.05 Å². The van der Waals surface area contributed by atoms with Crippen LogP contribution in [0, 0.1) is 0 Å². The summed E-state index contributed by atoms with van der Waals surface area (Å²) in [4.78, 5) is 23.8. The summed E-state index contributed by atoms with van der Waals surface area (Å²) in [6.45, 7) is 0. The minimum absolute atomic E-state index is 0.219. The molecule has 4 nitrogen and oxygen atoms in total. The van der Waals surface area contributed by atoms with Gasteiger partial charge in [0.2, 0.25) is 0 Å². The predicted molar refractivity (Wildman–Crippen MR) is 72.9 cm³/mol. The molecular weight excluding hydrogens is 287 g/mol. The van der Waals surface area contributed by atoms with E-state index >= 15 is 0 Å². The molecule has 19 heavy (non-hydrogen) atoms. The van der Waals surface area contributed by atoms with Crippen LogP contribution in [0.2, 0.25) is 10.0 Å². The normalized spacial score (nSPS) is 10.5. The maximum Gasteiger partial charge on any atom is 0.173 e. The number of aryl methyl sites for hydroxylation is 1. The summed E-state index contributed by atoms with van der Waals surface area (Å²) in [6.07, 6.45) is 2.79. The van der Waals surface area contributed by atoms with E-state index in [1.165, 1.54) is 23.0 Å². The molecule has 0 bridgehead atoms. The van der Waals surface area contributed by atoms with Gasteiger partial charge in [-0.2, -0.15) is 5.10 Å². The summed E-state index contributed by atoms with van der Waals surface area (Å²) >= 11 is 11.6. The van der Waals surface area contributed by atoms with Gasteiger partial charge >= 0.3 is 0 Å². The van der Waals surface area contributed by atoms with Gasteiger partial charge in [-0.1, -0.05) is 23.2 Å². The van der Waals surface area contributed by atoms with E-state index in [9.17, 15) is 9.59 Å². The number of aromatic nitrogens is 2. The summed E-state index contributed by atoms with van der Waals surface area (Å²) in [7, 11) is 1.71. The lowest BCUT2D eigenvalue weighted by Gasteiger charge is -2.01. The highest BCUT2D eigenvalue weighted by Gasteiger charge is 2.15. The molecule has 6 heteroatoms. The monoisotopic (exact) mass is 296 g/mol. The first kappa shape index (κ1) is 13.8. The maximum absolute atomic E-state index is 11.9. The molecule has 0 atom stereocenters. The van der Waals surface area contributed by atoms with Crippen molar-refractivity contribution in [1.82, 2.24) is 9.78 Å². The van der Waals surface area contributed by atoms with E-state index in [1.807, 2.05) is 0 Å². The maximum atomic E-state index is 11.9. The first-order valence-corrected chi connectivity index (χ1v) is 6.23. The fourth-order valence-electron chi connectivity index (χ4n) is 1.58. The second kappa shape index (κ2) is 5.55. The Hall–Kier alpha value is -1.65. The molecule has 0 radical (unpaired) electrons. The first-order chi connectivity index (χ1) is 8.97. The molecule has 0 amide bonds. The molecule has 0 N–H and O–H groups in total. The zero-order valence-electron chi connectivity index (χ0n) is 10.1. The van der Waals surface area contributed by atoms with Crippen LogP contribution >= 0.6 is 23.2 Å². The number of benzene rings is 1. The zero-order valence-corrected chi connectivity index (χ0v) is 11.6. The molecule has 2 aromatic rings. The predicted octanol–water partition coefficient (Wildman–Crippen LogP) is 3.18. The molecule has 1 aromatic carbocycles. The van der Waals surface area contributed by atoms with E-state index in [-0.39, 0.29) is 18.0 Å². The van der Waals surface area contributed by atoms with E-state index in [0.29, 0.717) is 21.2 Å². The molecule has 0 fully saturated rings. The van der Waals surface area contributed by atoms with Gasteiger partial charge in [0.1, 0.15) is 0 Å². The average molecular weight is 297 g/mol. The van der Waals surface area contributed by atoms with E-state index in [0.717, 1.165) is 0 Å². The Morgan fingerprint density at radius 2 is 1.84 bits per heavy atom. The van der Waals surface area contributed by atoms with Crippen molar-refractivity contribution in [3.8, 4) is 0 Å². The largest absolute Gasteiger partial charge is 0.294 e. The molecular formula is C13H10Cl2N2O2. The number of rotatable bonds is 4. The van der Waals surface area contributed by atoms with Crippen LogP contribution in [0.15, 0.2) is 30.6 Å². The molecule has 0 spiro atoms. The molecule has 0 aliphatic heterocycles. The van der Waals surface area contributed by atoms with E-state index in [2.05, 4.69) is 5.10 Å². The van der Waals surface area contributed by atoms with Crippen molar-refractivity contribution in [3.63, 3.8) is 0 Å². The lowest BCUT2D eigenvalue weighted by Crippen LogP contribution is -2.08. The Balaban J connectivity index is 2.12. The van der Waals surface area contributed by atoms with Gasteiger partial charge in [-0.3, -0.25) is 14.3 Å². The van der Waals surface area contributed by atoms with Gasteiger partial charge in [0, 0.05) is 18.8 Å². The fraction of sp³-hybridized carbons (Fsp3) is 0.154. The molecule has 0 unspecified atom stereocenters. The van der Waals surface area contributed by atoms with Gasteiger partial charge in [-0.25, -0.2) is 0 Å². The Bertz CT molecular complexity index is 650. The van der Waals surface area contributed by atoms with Crippen molar-refractivity contribution in [3.05, 3.63) is 51.8 Å². The second-order valence-corrected chi connectivity index (χ2v) is 4.87. The van der Waals surface area contributed by atoms with Crippen LogP contribution in [0.1, 0.15) is 27.1 Å². The molecule has 0 aliphatic carbocycles. The number of halogens is 2. The Morgan fingerprint density at radius 3 is 2.42 bits per heavy atom. The van der Waals surface area contributed by atoms with Gasteiger partial charge in [-0.15, -0.1) is 0 Å². The smallest absolute Gasteiger partial charge is 0.173 e. The molecule has 0 saturated carbocycles. The van der Waals surface area contributed by atoms with Crippen molar-refractivity contribution < 1.29 is 9.59 Å². The lowest BCUT2D eigenvalue weighted by atomic mass is 10.0. The number of ketones is 2. The van der Waals surface area contributed by atoms with Crippen LogP contribution in [0.5, 0.6) is 0 Å². The fourth-order valence-corrected chi connectivity index (χ4v) is 1.88. The third kappa shape index (κ3) is 3.22. The van der Waals surface area contributed by atoms with Crippen LogP contribution in [-0.2, 0) is 7.05 Å². The Morgan fingerprint density at radius 1 is 1.16 bits per heavy atom. The third-order valence-electron chi connectivity index (χ3n) is 2.59. The number of nitrogens with zero attached hydrogens (tertiary/aromatic N) is 2. The van der Waals surface area contributed by atoms with Gasteiger partial charge in [0.25, 0.3) is 0 Å². The standard InChI is InChI=1S/C13H10Cl2N2O2/c1-17-7-9(6-16-17)13(19)5-12(18)8-2-3-10(14)11(15)4-8/h2-4,6-7H,5H2,1H3. The molecule has 0 aliphatic rings. The van der Waals surface area contributed by atoms with Crippen LogP contribution in [0.25, 0.3) is 0 Å². The summed E-state index contributed by atoms with van der Waals surface area (Å²) in [5, 5.41) is 4.55. The number of hydrogen-bond acceptors (Lipinski definition) is 3. The molecule has 0 saturated heterocycles. The second-order valence-electron chi connectivity index (χ2n) is 4.05. The zero-order chi connectivity index (χ0) is 14.0. The Labute approximate surface area is 119 Å². The van der Waals surface area contributed by atoms with Crippen molar-refractivity contribution in [2.45, 2.75) is 6.42 Å². The highest BCUT2D eigenvalue weighted by molar-refractivity contribution is 6.42. The van der Waals surface area contributed by atoms with Crippen LogP contribution < -0.4 is 0 Å². The number of hydrogen-bond donors (Lipinski definition) is 0. The van der Waals surface area contributed by atoms with E-state index < -0.39 is 0 Å². The SMILES string of the molecule is Cn1cc(C(=O)CC(=O)c2ccc(Cl)c(Cl)c2)cn1. The van der Waals surface area contributed by atoms with Crippen molar-refractivity contribution >= 4 is 34.8 Å². The first-order valence-electron chi connectivity index (χ1n) is 5.47. The highest BCUT2D eigenvalue weighted by Crippen LogP contribution is 2.23. The van der Waals surface area contributed by atoms with Gasteiger partial charge in [0.15, 0.2) is 11.6 Å². The Kier molecular flexibility index (Phi) is 4.02. The lowest BCUT2D eigenvalue weighted by molar-refractivity contribution is 0.0894. The summed E-state index contributed by atoms with van der Waals surface area (Å²) in [5.74, 6) is -0.573. The van der Waals surface area contributed by atoms with Crippen LogP contribution in [0.3, 0.4) is 0 Å². The van der Waals surface area contributed by atoms with Crippen LogP contribution in [0.4, 0.5) is 0 Å². The minimum Gasteiger partial charge on any atom is -0.294 e. The highest BCUT2D eigenvalue weighted by atomic mass is 35.5. The molecule has 98 valence electrons.